The van der Waals surface area contributed by atoms with E-state index in [9.17, 15) is 14.9 Å². The van der Waals surface area contributed by atoms with Crippen molar-refractivity contribution in [2.45, 2.75) is 40.2 Å². The maximum absolute atomic E-state index is 12.1. The number of benzene rings is 1. The molecule has 144 valence electrons. The number of rotatable bonds is 8. The van der Waals surface area contributed by atoms with E-state index in [0.29, 0.717) is 11.6 Å². The van der Waals surface area contributed by atoms with E-state index in [1.54, 1.807) is 13.0 Å². The third-order valence-corrected chi connectivity index (χ3v) is 4.01. The van der Waals surface area contributed by atoms with Crippen molar-refractivity contribution in [1.29, 1.82) is 0 Å². The molecule has 0 bridgehead atoms. The summed E-state index contributed by atoms with van der Waals surface area (Å²) >= 11 is 0. The molecule has 0 fully saturated rings. The van der Waals surface area contributed by atoms with E-state index in [1.807, 2.05) is 19.1 Å². The summed E-state index contributed by atoms with van der Waals surface area (Å²) in [6.45, 7) is 7.56. The number of nitrogens with zero attached hydrogens (tertiary/aromatic N) is 2. The molecule has 0 saturated carbocycles. The minimum Gasteiger partial charge on any atom is -0.476 e. The molecule has 27 heavy (non-hydrogen) atoms. The molecular weight excluding hydrogens is 346 g/mol. The van der Waals surface area contributed by atoms with Gasteiger partial charge in [-0.25, -0.2) is 0 Å². The Morgan fingerprint density at radius 3 is 2.44 bits per heavy atom. The van der Waals surface area contributed by atoms with Crippen molar-refractivity contribution < 1.29 is 14.5 Å². The molecule has 1 heterocycles. The Bertz CT molecular complexity index is 803. The van der Waals surface area contributed by atoms with Gasteiger partial charge in [-0.1, -0.05) is 38.1 Å². The SMILES string of the molecule is Cc1ccc(OCC(=O)NC(C)c2ccc(CC(C)C)cc2)c([N+](=O)[O-])n1. The molecule has 1 aromatic carbocycles. The lowest BCUT2D eigenvalue weighted by atomic mass is 10.00. The number of pyridine rings is 1. The third-order valence-electron chi connectivity index (χ3n) is 4.01. The van der Waals surface area contributed by atoms with E-state index in [1.165, 1.54) is 11.6 Å². The highest BCUT2D eigenvalue weighted by Crippen LogP contribution is 2.24. The minimum atomic E-state index is -0.623. The molecule has 2 aromatic rings. The van der Waals surface area contributed by atoms with Gasteiger partial charge in [0.15, 0.2) is 6.61 Å². The summed E-state index contributed by atoms with van der Waals surface area (Å²) in [4.78, 5) is 26.4. The van der Waals surface area contributed by atoms with Crippen molar-refractivity contribution >= 4 is 11.7 Å². The molecule has 1 atom stereocenters. The number of carbonyl (C=O) groups excluding carboxylic acids is 1. The van der Waals surface area contributed by atoms with E-state index < -0.39 is 10.7 Å². The second-order valence-corrected chi connectivity index (χ2v) is 6.95. The quantitative estimate of drug-likeness (QED) is 0.563. The van der Waals surface area contributed by atoms with E-state index in [-0.39, 0.29) is 24.3 Å². The average Bonchev–Trinajstić information content (AvgIpc) is 2.60. The highest BCUT2D eigenvalue weighted by Gasteiger charge is 2.19. The van der Waals surface area contributed by atoms with Crippen molar-refractivity contribution in [2.75, 3.05) is 6.61 Å². The fourth-order valence-electron chi connectivity index (χ4n) is 2.70. The zero-order valence-corrected chi connectivity index (χ0v) is 16.1. The number of hydrogen-bond acceptors (Lipinski definition) is 5. The molecule has 0 spiro atoms. The highest BCUT2D eigenvalue weighted by atomic mass is 16.6. The fourth-order valence-corrected chi connectivity index (χ4v) is 2.70. The van der Waals surface area contributed by atoms with Gasteiger partial charge in [0, 0.05) is 6.92 Å². The first kappa shape index (κ1) is 20.4. The molecule has 0 saturated heterocycles. The number of nitro groups is 1. The molecule has 0 aliphatic heterocycles. The highest BCUT2D eigenvalue weighted by molar-refractivity contribution is 5.78. The number of ether oxygens (including phenoxy) is 1. The molecule has 0 aliphatic rings. The lowest BCUT2D eigenvalue weighted by molar-refractivity contribution is -0.390. The van der Waals surface area contributed by atoms with Crippen LogP contribution in [0.5, 0.6) is 5.75 Å². The van der Waals surface area contributed by atoms with Crippen LogP contribution in [0.2, 0.25) is 0 Å². The monoisotopic (exact) mass is 371 g/mol. The summed E-state index contributed by atoms with van der Waals surface area (Å²) in [5.41, 5.74) is 2.75. The van der Waals surface area contributed by atoms with E-state index in [2.05, 4.69) is 36.3 Å². The molecule has 2 rings (SSSR count). The molecule has 1 amide bonds. The van der Waals surface area contributed by atoms with Gasteiger partial charge in [0.25, 0.3) is 5.91 Å². The lowest BCUT2D eigenvalue weighted by Crippen LogP contribution is -2.31. The normalized spacial score (nSPS) is 11.9. The molecule has 1 unspecified atom stereocenters. The maximum atomic E-state index is 12.1. The second kappa shape index (κ2) is 9.12. The van der Waals surface area contributed by atoms with Crippen LogP contribution < -0.4 is 10.1 Å². The second-order valence-electron chi connectivity index (χ2n) is 6.95. The van der Waals surface area contributed by atoms with Crippen LogP contribution in [-0.2, 0) is 11.2 Å². The van der Waals surface area contributed by atoms with Gasteiger partial charge in [0.2, 0.25) is 5.75 Å². The van der Waals surface area contributed by atoms with Crippen LogP contribution >= 0.6 is 0 Å². The smallest absolute Gasteiger partial charge is 0.406 e. The first-order valence-corrected chi connectivity index (χ1v) is 8.89. The van der Waals surface area contributed by atoms with E-state index in [4.69, 9.17) is 4.74 Å². The molecular formula is C20H25N3O4. The molecule has 1 N–H and O–H groups in total. The molecule has 0 aliphatic carbocycles. The van der Waals surface area contributed by atoms with Gasteiger partial charge in [-0.05, 0) is 52.4 Å². The number of amides is 1. The Labute approximate surface area is 158 Å². The lowest BCUT2D eigenvalue weighted by Gasteiger charge is -2.15. The Hall–Kier alpha value is -2.96. The van der Waals surface area contributed by atoms with Crippen LogP contribution in [0.4, 0.5) is 5.82 Å². The zero-order valence-electron chi connectivity index (χ0n) is 16.1. The number of carbonyl (C=O) groups is 1. The summed E-state index contributed by atoms with van der Waals surface area (Å²) in [5.74, 6) is -0.183. The summed E-state index contributed by atoms with van der Waals surface area (Å²) < 4.78 is 5.30. The maximum Gasteiger partial charge on any atom is 0.406 e. The topological polar surface area (TPSA) is 94.4 Å². The average molecular weight is 371 g/mol. The first-order valence-electron chi connectivity index (χ1n) is 8.89. The van der Waals surface area contributed by atoms with E-state index in [0.717, 1.165) is 12.0 Å². The van der Waals surface area contributed by atoms with Crippen LogP contribution in [0.3, 0.4) is 0 Å². The number of aromatic nitrogens is 1. The summed E-state index contributed by atoms with van der Waals surface area (Å²) in [6.07, 6.45) is 1.01. The Kier molecular flexibility index (Phi) is 6.87. The molecule has 0 radical (unpaired) electrons. The number of hydrogen-bond donors (Lipinski definition) is 1. The number of nitrogens with one attached hydrogen (secondary N) is 1. The summed E-state index contributed by atoms with van der Waals surface area (Å²) in [5, 5.41) is 13.9. The summed E-state index contributed by atoms with van der Waals surface area (Å²) in [6, 6.07) is 11.0. The van der Waals surface area contributed by atoms with Gasteiger partial charge in [0.05, 0.1) is 6.04 Å². The standard InChI is InChI=1S/C20H25N3O4/c1-13(2)11-16-6-8-17(9-7-16)15(4)22-19(24)12-27-18-10-5-14(3)21-20(18)23(25)26/h5-10,13,15H,11-12H2,1-4H3,(H,22,24). The predicted octanol–water partition coefficient (Wildman–Crippen LogP) is 3.75. The van der Waals surface area contributed by atoms with Crippen molar-refractivity contribution in [2.24, 2.45) is 5.92 Å². The van der Waals surface area contributed by atoms with Gasteiger partial charge in [-0.3, -0.25) is 4.79 Å². The molecule has 1 aromatic heterocycles. The first-order chi connectivity index (χ1) is 12.8. The van der Waals surface area contributed by atoms with Crippen LogP contribution in [0.1, 0.15) is 43.6 Å². The zero-order chi connectivity index (χ0) is 20.0. The Balaban J connectivity index is 1.93. The molecule has 7 nitrogen and oxygen atoms in total. The molecule has 7 heteroatoms. The van der Waals surface area contributed by atoms with Gasteiger partial charge < -0.3 is 20.2 Å². The van der Waals surface area contributed by atoms with Crippen LogP contribution in [0.15, 0.2) is 36.4 Å². The van der Waals surface area contributed by atoms with Crippen LogP contribution in [0.25, 0.3) is 0 Å². The minimum absolute atomic E-state index is 0.0218. The predicted molar refractivity (Wildman–Crippen MR) is 103 cm³/mol. The van der Waals surface area contributed by atoms with Crippen molar-refractivity contribution in [3.05, 3.63) is 63.3 Å². The van der Waals surface area contributed by atoms with Gasteiger partial charge in [-0.15, -0.1) is 0 Å². The van der Waals surface area contributed by atoms with Crippen LogP contribution in [-0.4, -0.2) is 22.4 Å². The van der Waals surface area contributed by atoms with Gasteiger partial charge in [0.1, 0.15) is 5.69 Å². The third kappa shape index (κ3) is 6.06. The van der Waals surface area contributed by atoms with Crippen molar-refractivity contribution in [1.82, 2.24) is 10.3 Å². The van der Waals surface area contributed by atoms with Crippen LogP contribution in [0, 0.1) is 23.0 Å². The Morgan fingerprint density at radius 1 is 1.19 bits per heavy atom. The largest absolute Gasteiger partial charge is 0.476 e. The summed E-state index contributed by atoms with van der Waals surface area (Å²) in [7, 11) is 0. The van der Waals surface area contributed by atoms with Gasteiger partial charge >= 0.3 is 5.82 Å². The van der Waals surface area contributed by atoms with Gasteiger partial charge in [-0.2, -0.15) is 0 Å². The number of aryl methyl sites for hydroxylation is 1. The fraction of sp³-hybridized carbons (Fsp3) is 0.400. The van der Waals surface area contributed by atoms with Crippen molar-refractivity contribution in [3.63, 3.8) is 0 Å². The Morgan fingerprint density at radius 2 is 1.85 bits per heavy atom. The van der Waals surface area contributed by atoms with E-state index >= 15 is 0 Å². The van der Waals surface area contributed by atoms with Crippen molar-refractivity contribution in [3.8, 4) is 5.75 Å².